The molecule has 1 aromatic rings. The number of aliphatic hydroxyl groups excluding tert-OH is 1. The first kappa shape index (κ1) is 15.6. The van der Waals surface area contributed by atoms with Crippen LogP contribution >= 0.6 is 0 Å². The van der Waals surface area contributed by atoms with Gasteiger partial charge in [-0.2, -0.15) is 0 Å². The zero-order valence-electron chi connectivity index (χ0n) is 11.7. The van der Waals surface area contributed by atoms with Gasteiger partial charge in [-0.15, -0.1) is 0 Å². The van der Waals surface area contributed by atoms with Gasteiger partial charge in [0.2, 0.25) is 0 Å². The number of nitrogens with one attached hydrogen (secondary N) is 1. The van der Waals surface area contributed by atoms with Gasteiger partial charge in [0, 0.05) is 18.7 Å². The van der Waals surface area contributed by atoms with Crippen LogP contribution in [0.25, 0.3) is 0 Å². The molecule has 0 saturated carbocycles. The van der Waals surface area contributed by atoms with Crippen LogP contribution in [0.1, 0.15) is 33.6 Å². The Kier molecular flexibility index (Phi) is 5.89. The van der Waals surface area contributed by atoms with Gasteiger partial charge in [0.1, 0.15) is 0 Å². The molecule has 0 spiro atoms. The second-order valence-corrected chi connectivity index (χ2v) is 4.86. The molecule has 0 aliphatic rings. The summed E-state index contributed by atoms with van der Waals surface area (Å²) in [4.78, 5) is 0. The summed E-state index contributed by atoms with van der Waals surface area (Å²) in [6, 6.07) is 2.76. The average molecular weight is 270 g/mol. The van der Waals surface area contributed by atoms with Crippen molar-refractivity contribution in [3.05, 3.63) is 17.9 Å². The number of nitrogens with two attached hydrogens (primary N) is 1. The summed E-state index contributed by atoms with van der Waals surface area (Å²) >= 11 is 0. The molecular weight excluding hydrogens is 247 g/mol. The van der Waals surface area contributed by atoms with Crippen molar-refractivity contribution < 1.29 is 14.2 Å². The van der Waals surface area contributed by atoms with E-state index in [1.807, 2.05) is 20.8 Å². The molecule has 4 N–H and O–H groups in total. The first-order valence-corrected chi connectivity index (χ1v) is 6.61. The Morgan fingerprint density at radius 3 is 2.68 bits per heavy atom. The van der Waals surface area contributed by atoms with Crippen LogP contribution in [0.2, 0.25) is 0 Å². The number of aliphatic hydroxyl groups is 1. The molecule has 0 heterocycles. The maximum absolute atomic E-state index is 13.6. The molecule has 0 radical (unpaired) electrons. The van der Waals surface area contributed by atoms with Gasteiger partial charge in [0.05, 0.1) is 23.6 Å². The predicted molar refractivity (Wildman–Crippen MR) is 76.0 cm³/mol. The molecule has 19 heavy (non-hydrogen) atoms. The van der Waals surface area contributed by atoms with Crippen LogP contribution < -0.4 is 15.8 Å². The van der Waals surface area contributed by atoms with Crippen molar-refractivity contribution in [2.75, 3.05) is 17.6 Å². The molecule has 1 atom stereocenters. The Morgan fingerprint density at radius 2 is 2.11 bits per heavy atom. The van der Waals surface area contributed by atoms with Crippen LogP contribution in [-0.4, -0.2) is 23.9 Å². The monoisotopic (exact) mass is 270 g/mol. The summed E-state index contributed by atoms with van der Waals surface area (Å²) in [6.07, 6.45) is 1.06. The minimum Gasteiger partial charge on any atom is -0.488 e. The van der Waals surface area contributed by atoms with Gasteiger partial charge in [-0.1, -0.05) is 13.3 Å². The number of ether oxygens (including phenoxy) is 1. The topological polar surface area (TPSA) is 67.5 Å². The van der Waals surface area contributed by atoms with Crippen molar-refractivity contribution in [2.45, 2.75) is 45.8 Å². The smallest absolute Gasteiger partial charge is 0.167 e. The second-order valence-electron chi connectivity index (χ2n) is 4.86. The summed E-state index contributed by atoms with van der Waals surface area (Å²) in [5, 5.41) is 12.7. The minimum absolute atomic E-state index is 0.114. The zero-order valence-corrected chi connectivity index (χ0v) is 11.7. The van der Waals surface area contributed by atoms with Crippen molar-refractivity contribution in [3.8, 4) is 5.75 Å². The van der Waals surface area contributed by atoms with Crippen LogP contribution in [0.4, 0.5) is 15.8 Å². The molecule has 0 bridgehead atoms. The van der Waals surface area contributed by atoms with E-state index in [1.54, 1.807) is 0 Å². The van der Waals surface area contributed by atoms with Crippen LogP contribution in [0.3, 0.4) is 0 Å². The van der Waals surface area contributed by atoms with E-state index in [9.17, 15) is 9.50 Å². The minimum atomic E-state index is -0.481. The first-order chi connectivity index (χ1) is 8.93. The highest BCUT2D eigenvalue weighted by atomic mass is 19.1. The molecular formula is C14H23FN2O2. The fraction of sp³-hybridized carbons (Fsp3) is 0.571. The maximum Gasteiger partial charge on any atom is 0.167 e. The fourth-order valence-electron chi connectivity index (χ4n) is 1.73. The highest BCUT2D eigenvalue weighted by Gasteiger charge is 2.11. The SMILES string of the molecule is CCCC(O)CNc1cc(OC(C)C)c(F)cc1N. The number of hydrogen-bond acceptors (Lipinski definition) is 4. The molecule has 0 amide bonds. The Bertz CT molecular complexity index is 411. The lowest BCUT2D eigenvalue weighted by atomic mass is 10.2. The third-order valence-electron chi connectivity index (χ3n) is 2.62. The van der Waals surface area contributed by atoms with Gasteiger partial charge in [0.25, 0.3) is 0 Å². The molecule has 1 unspecified atom stereocenters. The van der Waals surface area contributed by atoms with Crippen molar-refractivity contribution in [2.24, 2.45) is 0 Å². The van der Waals surface area contributed by atoms with Crippen LogP contribution in [-0.2, 0) is 0 Å². The molecule has 0 aliphatic carbocycles. The van der Waals surface area contributed by atoms with Crippen molar-refractivity contribution in [1.29, 1.82) is 0 Å². The third-order valence-corrected chi connectivity index (χ3v) is 2.62. The van der Waals surface area contributed by atoms with E-state index < -0.39 is 11.9 Å². The fourth-order valence-corrected chi connectivity index (χ4v) is 1.73. The number of anilines is 2. The molecule has 1 rings (SSSR count). The standard InChI is InChI=1S/C14H23FN2O2/c1-4-5-10(18)8-17-13-7-14(19-9(2)3)11(15)6-12(13)16/h6-7,9-10,17-18H,4-5,8,16H2,1-3H3. The van der Waals surface area contributed by atoms with E-state index in [0.717, 1.165) is 6.42 Å². The largest absolute Gasteiger partial charge is 0.488 e. The number of rotatable bonds is 7. The molecule has 0 aromatic heterocycles. The Hall–Kier alpha value is -1.49. The molecule has 4 nitrogen and oxygen atoms in total. The van der Waals surface area contributed by atoms with E-state index in [4.69, 9.17) is 10.5 Å². The zero-order chi connectivity index (χ0) is 14.4. The summed E-state index contributed by atoms with van der Waals surface area (Å²) in [5.74, 6) is -0.317. The lowest BCUT2D eigenvalue weighted by Crippen LogP contribution is -2.19. The number of benzene rings is 1. The number of hydrogen-bond donors (Lipinski definition) is 3. The normalized spacial score (nSPS) is 12.5. The van der Waals surface area contributed by atoms with Crippen LogP contribution in [0.15, 0.2) is 12.1 Å². The van der Waals surface area contributed by atoms with Gasteiger partial charge in [-0.05, 0) is 20.3 Å². The van der Waals surface area contributed by atoms with E-state index in [-0.39, 0.29) is 11.9 Å². The van der Waals surface area contributed by atoms with Crippen LogP contribution in [0.5, 0.6) is 5.75 Å². The van der Waals surface area contributed by atoms with Gasteiger partial charge in [-0.3, -0.25) is 0 Å². The summed E-state index contributed by atoms with van der Waals surface area (Å²) in [5.41, 5.74) is 6.62. The Balaban J connectivity index is 2.77. The Morgan fingerprint density at radius 1 is 1.42 bits per heavy atom. The van der Waals surface area contributed by atoms with Crippen molar-refractivity contribution >= 4 is 11.4 Å². The quantitative estimate of drug-likeness (QED) is 0.666. The van der Waals surface area contributed by atoms with Crippen molar-refractivity contribution in [1.82, 2.24) is 0 Å². The summed E-state index contributed by atoms with van der Waals surface area (Å²) in [7, 11) is 0. The first-order valence-electron chi connectivity index (χ1n) is 6.61. The molecule has 108 valence electrons. The number of nitrogen functional groups attached to an aromatic ring is 1. The van der Waals surface area contributed by atoms with E-state index in [1.165, 1.54) is 12.1 Å². The maximum atomic E-state index is 13.6. The van der Waals surface area contributed by atoms with E-state index in [0.29, 0.717) is 24.3 Å². The van der Waals surface area contributed by atoms with E-state index in [2.05, 4.69) is 5.32 Å². The second kappa shape index (κ2) is 7.19. The lowest BCUT2D eigenvalue weighted by molar-refractivity contribution is 0.176. The van der Waals surface area contributed by atoms with Crippen molar-refractivity contribution in [3.63, 3.8) is 0 Å². The highest BCUT2D eigenvalue weighted by molar-refractivity contribution is 5.68. The summed E-state index contributed by atoms with van der Waals surface area (Å²) < 4.78 is 19.0. The third kappa shape index (κ3) is 4.95. The van der Waals surface area contributed by atoms with Crippen LogP contribution in [0, 0.1) is 5.82 Å². The predicted octanol–water partition coefficient (Wildman–Crippen LogP) is 2.77. The molecule has 0 saturated heterocycles. The molecule has 1 aromatic carbocycles. The Labute approximate surface area is 113 Å². The van der Waals surface area contributed by atoms with Gasteiger partial charge < -0.3 is 20.9 Å². The molecule has 0 aliphatic heterocycles. The summed E-state index contributed by atoms with van der Waals surface area (Å²) in [6.45, 7) is 6.04. The lowest BCUT2D eigenvalue weighted by Gasteiger charge is -2.16. The van der Waals surface area contributed by atoms with Gasteiger partial charge in [0.15, 0.2) is 11.6 Å². The van der Waals surface area contributed by atoms with E-state index >= 15 is 0 Å². The number of halogens is 1. The van der Waals surface area contributed by atoms with Gasteiger partial charge >= 0.3 is 0 Å². The highest BCUT2D eigenvalue weighted by Crippen LogP contribution is 2.28. The molecule has 0 fully saturated rings. The molecule has 5 heteroatoms. The van der Waals surface area contributed by atoms with Gasteiger partial charge in [-0.25, -0.2) is 4.39 Å². The average Bonchev–Trinajstić information content (AvgIpc) is 2.31.